The third-order valence-electron chi connectivity index (χ3n) is 13.5. The highest BCUT2D eigenvalue weighted by molar-refractivity contribution is 7.70. The van der Waals surface area contributed by atoms with E-state index in [-0.39, 0.29) is 39.9 Å². The number of fused-ring (bicyclic) bond motifs is 3. The van der Waals surface area contributed by atoms with Gasteiger partial charge in [0.2, 0.25) is 0 Å². The molecule has 3 unspecified atom stereocenters. The second kappa shape index (κ2) is 20.8. The van der Waals surface area contributed by atoms with Gasteiger partial charge < -0.3 is 77.7 Å². The van der Waals surface area contributed by atoms with E-state index >= 15 is 0 Å². The van der Waals surface area contributed by atoms with Gasteiger partial charge in [-0.05, 0) is 36.5 Å². The molecule has 0 aliphatic carbocycles. The van der Waals surface area contributed by atoms with E-state index in [9.17, 15) is 62.9 Å². The van der Waals surface area contributed by atoms with Crippen molar-refractivity contribution >= 4 is 81.9 Å². The van der Waals surface area contributed by atoms with Crippen LogP contribution in [0.3, 0.4) is 0 Å². The van der Waals surface area contributed by atoms with Gasteiger partial charge in [0.05, 0.1) is 67.1 Å². The summed E-state index contributed by atoms with van der Waals surface area (Å²) in [4.78, 5) is 71.3. The first-order chi connectivity index (χ1) is 35.4. The van der Waals surface area contributed by atoms with Crippen LogP contribution in [-0.2, 0) is 53.5 Å². The first-order valence-corrected chi connectivity index (χ1v) is 31.0. The fourth-order valence-electron chi connectivity index (χ4n) is 10.3. The number of hydrogen-bond acceptors (Lipinski definition) is 18. The van der Waals surface area contributed by atoms with Gasteiger partial charge in [-0.2, -0.15) is 10.2 Å². The van der Waals surface area contributed by atoms with Crippen molar-refractivity contribution in [3.05, 3.63) is 112 Å². The van der Waals surface area contributed by atoms with Crippen molar-refractivity contribution in [3.63, 3.8) is 0 Å². The maximum Gasteiger partial charge on any atom is 0.340 e. The van der Waals surface area contributed by atoms with Crippen LogP contribution in [0.2, 0.25) is 10.3 Å². The van der Waals surface area contributed by atoms with Crippen molar-refractivity contribution in [1.82, 2.24) is 29.2 Å². The number of hydrogen-bond donors (Lipinski definition) is 9. The van der Waals surface area contributed by atoms with Gasteiger partial charge in [-0.15, -0.1) is 0 Å². The number of imidazole rings is 2. The summed E-state index contributed by atoms with van der Waals surface area (Å²) in [6, 6.07) is 20.2. The summed E-state index contributed by atoms with van der Waals surface area (Å²) in [5.41, 5.74) is 2.85. The van der Waals surface area contributed by atoms with Gasteiger partial charge in [0.15, 0.2) is 39.0 Å². The lowest BCUT2D eigenvalue weighted by Crippen LogP contribution is -2.51. The molecule has 8 heterocycles. The zero-order valence-corrected chi connectivity index (χ0v) is 44.1. The molecule has 3 saturated heterocycles. The van der Waals surface area contributed by atoms with Crippen molar-refractivity contribution in [2.45, 2.75) is 73.6 Å². The smallest absolute Gasteiger partial charge is 0.340 e. The van der Waals surface area contributed by atoms with Gasteiger partial charge in [0, 0.05) is 30.9 Å². The van der Waals surface area contributed by atoms with E-state index in [1.54, 1.807) is 12.1 Å². The largest absolute Gasteiger partial charge is 0.387 e. The predicted molar refractivity (Wildman–Crippen MR) is 266 cm³/mol. The van der Waals surface area contributed by atoms with Gasteiger partial charge in [-0.1, -0.05) is 71.7 Å². The fourth-order valence-corrected chi connectivity index (χ4v) is 15.8. The van der Waals surface area contributed by atoms with Crippen molar-refractivity contribution in [1.29, 1.82) is 0 Å². The lowest BCUT2D eigenvalue weighted by atomic mass is 9.90. The van der Waals surface area contributed by atoms with Gasteiger partial charge in [0.25, 0.3) is 0 Å². The molecule has 9 N–H and O–H groups in total. The van der Waals surface area contributed by atoms with E-state index in [1.807, 2.05) is 64.4 Å². The molecule has 0 amide bonds. The van der Waals surface area contributed by atoms with Crippen LogP contribution in [0.15, 0.2) is 79.1 Å². The molecule has 0 bridgehead atoms. The lowest BCUT2D eigenvalue weighted by Gasteiger charge is -2.44. The molecule has 32 heteroatoms. The Bertz CT molecular complexity index is 3320. The Balaban J connectivity index is 1.01. The average molecular weight is 1160 g/mol. The standard InChI is InChI=1S/C43H50Cl2N8O18P4/c44-35-15-30(41-46-16-31(52(41)48-35)39-38(55)37(54)32(70-39)19-68-74(63,64)22-72(57,58)59)51-18-26(10-11-28(51)24-6-2-1-3-7-24)71-43(21-67-33(40(43)56)20-69-75(65,66)23-73(60,61)62)34-17-47-42-29(14-36(45)49-53(34)42)50-13-12-25-8-4-5-9-27(25)50/h1-9,14-17,26,28,32-33,37-40,54-56H,10-13,18-23H2,(H,63,64)(H,65,66)(H2,57,58,59)(H2,60,61,62)/t26?,28-,32+,33+,37+,38+,39-,40+,43+/m0/s1. The summed E-state index contributed by atoms with van der Waals surface area (Å²) in [6.45, 7) is -1.37. The topological polar surface area (TPSA) is 363 Å². The van der Waals surface area contributed by atoms with Crippen LogP contribution in [0.25, 0.3) is 11.3 Å². The molecule has 26 nitrogen and oxygen atoms in total. The van der Waals surface area contributed by atoms with Crippen LogP contribution >= 0.6 is 53.6 Å². The Labute approximate surface area is 435 Å². The van der Waals surface area contributed by atoms with E-state index in [0.29, 0.717) is 36.4 Å². The quantitative estimate of drug-likeness (QED) is 0.0583. The maximum absolute atomic E-state index is 12.8. The molecule has 3 fully saturated rings. The van der Waals surface area contributed by atoms with Crippen molar-refractivity contribution in [3.8, 4) is 0 Å². The van der Waals surface area contributed by atoms with Gasteiger partial charge in [-0.3, -0.25) is 18.3 Å². The summed E-state index contributed by atoms with van der Waals surface area (Å²) in [6.07, 6.45) is -5.83. The van der Waals surface area contributed by atoms with Crippen LogP contribution < -0.4 is 9.80 Å². The molecule has 4 aliphatic rings. The minimum atomic E-state index is -5.02. The molecule has 11 atom stereocenters. The fraction of sp³-hybridized carbons (Fsp3) is 0.442. The van der Waals surface area contributed by atoms with E-state index < -0.39 is 110 Å². The molecular formula is C43H50Cl2N8O18P4. The summed E-state index contributed by atoms with van der Waals surface area (Å²) in [5, 5.41) is 43.8. The maximum atomic E-state index is 12.8. The van der Waals surface area contributed by atoms with Gasteiger partial charge in [0.1, 0.15) is 36.6 Å². The summed E-state index contributed by atoms with van der Waals surface area (Å²) in [5.74, 6) is -2.96. The van der Waals surface area contributed by atoms with Crippen LogP contribution in [0.1, 0.15) is 47.5 Å². The highest BCUT2D eigenvalue weighted by Gasteiger charge is 2.56. The first kappa shape index (κ1) is 54.6. The number of aromatic nitrogens is 6. The number of benzene rings is 2. The first-order valence-electron chi connectivity index (χ1n) is 23.2. The van der Waals surface area contributed by atoms with Crippen LogP contribution in [-0.4, -0.2) is 155 Å². The summed E-state index contributed by atoms with van der Waals surface area (Å²) >= 11 is 13.6. The third-order valence-corrected chi connectivity index (χ3v) is 20.8. The number of halogens is 2. The minimum Gasteiger partial charge on any atom is -0.387 e. The number of rotatable bonds is 17. The molecular weight excluding hydrogens is 1110 g/mol. The van der Waals surface area contributed by atoms with E-state index in [4.69, 9.17) is 51.4 Å². The zero-order chi connectivity index (χ0) is 53.4. The normalized spacial score (nSPS) is 28.0. The zero-order valence-electron chi connectivity index (χ0n) is 39.0. The second-order valence-electron chi connectivity index (χ2n) is 18.7. The van der Waals surface area contributed by atoms with Crippen molar-refractivity contribution < 1.29 is 86.2 Å². The molecule has 0 spiro atoms. The second-order valence-corrected chi connectivity index (χ2v) is 27.4. The Kier molecular flexibility index (Phi) is 15.1. The minimum absolute atomic E-state index is 0.0536. The van der Waals surface area contributed by atoms with Crippen molar-refractivity contribution in [2.75, 3.05) is 54.5 Å². The number of anilines is 3. The van der Waals surface area contributed by atoms with E-state index in [1.165, 1.54) is 21.4 Å². The van der Waals surface area contributed by atoms with Crippen LogP contribution in [0.5, 0.6) is 0 Å². The third kappa shape index (κ3) is 11.3. The molecule has 0 saturated carbocycles. The predicted octanol–water partition coefficient (Wildman–Crippen LogP) is 3.99. The summed E-state index contributed by atoms with van der Waals surface area (Å²) < 4.78 is 80.4. The van der Waals surface area contributed by atoms with Gasteiger partial charge in [-0.25, -0.2) is 19.0 Å². The SMILES string of the molecule is O=P(O)(O)CP(=O)(O)OC[C@H]1O[C@@H](c2cnc3c(N4CC(O[C@@]5(c6cnc7c(N8CCc9ccccc98)cc(Cl)nn67)CO[C@H](COP(=O)(O)CP(=O)(O)O)[C@H]5O)CC[C@H]4c4ccccc4)cc(Cl)nn23)[C@H](O)[C@@H]1O. The van der Waals surface area contributed by atoms with Gasteiger partial charge >= 0.3 is 30.4 Å². The van der Waals surface area contributed by atoms with E-state index in [0.717, 1.165) is 23.2 Å². The Morgan fingerprint density at radius 3 is 2.03 bits per heavy atom. The monoisotopic (exact) mass is 1160 g/mol. The summed E-state index contributed by atoms with van der Waals surface area (Å²) in [7, 11) is -19.8. The Morgan fingerprint density at radius 1 is 0.720 bits per heavy atom. The molecule has 6 aromatic rings. The molecule has 2 aromatic carbocycles. The molecule has 404 valence electrons. The number of nitrogens with zero attached hydrogens (tertiary/aromatic N) is 8. The lowest BCUT2D eigenvalue weighted by molar-refractivity contribution is -0.152. The highest BCUT2D eigenvalue weighted by atomic mass is 35.5. The number of para-hydroxylation sites is 1. The van der Waals surface area contributed by atoms with Crippen LogP contribution in [0, 0.1) is 0 Å². The number of aliphatic hydroxyl groups is 3. The molecule has 4 aliphatic heterocycles. The number of aliphatic hydroxyl groups excluding tert-OH is 3. The average Bonchev–Trinajstić information content (AvgIpc) is 4.20. The highest BCUT2D eigenvalue weighted by Crippen LogP contribution is 2.57. The number of piperidine rings is 1. The Hall–Kier alpha value is -3.78. The van der Waals surface area contributed by atoms with Crippen molar-refractivity contribution in [2.24, 2.45) is 0 Å². The molecule has 10 rings (SSSR count). The molecule has 4 aromatic heterocycles. The Morgan fingerprint density at radius 2 is 1.33 bits per heavy atom. The number of ether oxygens (including phenoxy) is 3. The van der Waals surface area contributed by atoms with E-state index in [2.05, 4.69) is 15.2 Å². The van der Waals surface area contributed by atoms with Crippen LogP contribution in [0.4, 0.5) is 17.1 Å². The molecule has 75 heavy (non-hydrogen) atoms. The molecule has 0 radical (unpaired) electrons.